The number of furan rings is 1. The zero-order chi connectivity index (χ0) is 17.1. The van der Waals surface area contributed by atoms with E-state index < -0.39 is 5.91 Å². The maximum atomic E-state index is 12.4. The van der Waals surface area contributed by atoms with Gasteiger partial charge in [-0.1, -0.05) is 0 Å². The predicted molar refractivity (Wildman–Crippen MR) is 89.2 cm³/mol. The van der Waals surface area contributed by atoms with Gasteiger partial charge in [-0.15, -0.1) is 0 Å². The minimum absolute atomic E-state index is 0.189. The third-order valence-corrected chi connectivity index (χ3v) is 4.12. The third-order valence-electron chi connectivity index (χ3n) is 3.92. The third kappa shape index (κ3) is 3.35. The van der Waals surface area contributed by atoms with Crippen LogP contribution in [0.2, 0.25) is 5.22 Å². The average molecular weight is 349 g/mol. The highest BCUT2D eigenvalue weighted by atomic mass is 35.5. The van der Waals surface area contributed by atoms with Crippen LogP contribution < -0.4 is 10.6 Å². The van der Waals surface area contributed by atoms with Crippen molar-refractivity contribution in [2.24, 2.45) is 5.73 Å². The first-order valence-corrected chi connectivity index (χ1v) is 7.98. The molecule has 0 atom stereocenters. The fraction of sp³-hybridized carbons (Fsp3) is 0.312. The molecule has 7 nitrogen and oxygen atoms in total. The number of carbonyl (C=O) groups excluding carboxylic acids is 2. The van der Waals surface area contributed by atoms with Gasteiger partial charge in [-0.25, -0.2) is 4.98 Å². The summed E-state index contributed by atoms with van der Waals surface area (Å²) in [7, 11) is 0. The molecule has 2 amide bonds. The number of halogens is 1. The summed E-state index contributed by atoms with van der Waals surface area (Å²) in [6, 6.07) is 6.45. The van der Waals surface area contributed by atoms with E-state index in [4.69, 9.17) is 21.8 Å². The van der Waals surface area contributed by atoms with Crippen molar-refractivity contribution in [3.63, 3.8) is 0 Å². The van der Waals surface area contributed by atoms with Crippen LogP contribution in [0.1, 0.15) is 27.3 Å². The summed E-state index contributed by atoms with van der Waals surface area (Å²) in [5.41, 5.74) is 5.80. The Hall–Kier alpha value is -2.54. The van der Waals surface area contributed by atoms with Gasteiger partial charge in [0.2, 0.25) is 0 Å². The number of aromatic nitrogens is 1. The summed E-state index contributed by atoms with van der Waals surface area (Å²) in [5, 5.41) is 0.189. The van der Waals surface area contributed by atoms with Crippen LogP contribution in [0.15, 0.2) is 34.9 Å². The van der Waals surface area contributed by atoms with E-state index in [9.17, 15) is 9.59 Å². The molecule has 3 heterocycles. The number of hydrogen-bond donors (Lipinski definition) is 1. The Balaban J connectivity index is 1.74. The summed E-state index contributed by atoms with van der Waals surface area (Å²) in [4.78, 5) is 32.0. The Morgan fingerprint density at radius 1 is 1.17 bits per heavy atom. The quantitative estimate of drug-likeness (QED) is 0.912. The number of amides is 2. The molecule has 0 bridgehead atoms. The van der Waals surface area contributed by atoms with E-state index in [1.807, 2.05) is 4.90 Å². The number of carbonyl (C=O) groups is 2. The highest BCUT2D eigenvalue weighted by Crippen LogP contribution is 2.20. The summed E-state index contributed by atoms with van der Waals surface area (Å²) in [6.07, 6.45) is 2.37. The van der Waals surface area contributed by atoms with Crippen molar-refractivity contribution in [1.29, 1.82) is 0 Å². The van der Waals surface area contributed by atoms with Gasteiger partial charge in [0.15, 0.2) is 11.0 Å². The molecule has 0 saturated carbocycles. The fourth-order valence-electron chi connectivity index (χ4n) is 2.76. The molecule has 0 unspecified atom stereocenters. The summed E-state index contributed by atoms with van der Waals surface area (Å²) in [5.74, 6) is 0.0739. The second-order valence-corrected chi connectivity index (χ2v) is 5.85. The number of rotatable bonds is 3. The van der Waals surface area contributed by atoms with Crippen LogP contribution in [-0.2, 0) is 0 Å². The number of anilines is 1. The Morgan fingerprint density at radius 3 is 2.71 bits per heavy atom. The van der Waals surface area contributed by atoms with Crippen molar-refractivity contribution in [2.45, 2.75) is 6.42 Å². The lowest BCUT2D eigenvalue weighted by molar-refractivity contribution is 0.0735. The molecule has 126 valence electrons. The maximum absolute atomic E-state index is 12.4. The molecule has 1 fully saturated rings. The SMILES string of the molecule is NC(=O)c1cccnc1N1CCCN(C(=O)c2ccc(Cl)o2)CC1. The molecule has 3 rings (SSSR count). The van der Waals surface area contributed by atoms with E-state index in [2.05, 4.69) is 4.98 Å². The van der Waals surface area contributed by atoms with Gasteiger partial charge >= 0.3 is 0 Å². The molecule has 2 N–H and O–H groups in total. The molecule has 0 radical (unpaired) electrons. The van der Waals surface area contributed by atoms with Crippen molar-refractivity contribution in [1.82, 2.24) is 9.88 Å². The van der Waals surface area contributed by atoms with Crippen LogP contribution in [-0.4, -0.2) is 47.9 Å². The Labute approximate surface area is 144 Å². The van der Waals surface area contributed by atoms with Gasteiger partial charge in [-0.2, -0.15) is 0 Å². The van der Waals surface area contributed by atoms with Crippen LogP contribution in [0.25, 0.3) is 0 Å². The van der Waals surface area contributed by atoms with Gasteiger partial charge in [-0.3, -0.25) is 9.59 Å². The molecule has 0 spiro atoms. The largest absolute Gasteiger partial charge is 0.440 e. The van der Waals surface area contributed by atoms with Crippen molar-refractivity contribution >= 4 is 29.2 Å². The van der Waals surface area contributed by atoms with E-state index in [0.29, 0.717) is 37.6 Å². The molecule has 0 aliphatic carbocycles. The Kier molecular flexibility index (Phi) is 4.71. The molecule has 2 aromatic heterocycles. The lowest BCUT2D eigenvalue weighted by Gasteiger charge is -2.23. The van der Waals surface area contributed by atoms with Gasteiger partial charge in [0.1, 0.15) is 5.82 Å². The first kappa shape index (κ1) is 16.3. The molecular formula is C16H17ClN4O3. The molecule has 1 saturated heterocycles. The van der Waals surface area contributed by atoms with Crippen molar-refractivity contribution in [3.8, 4) is 0 Å². The zero-order valence-corrected chi connectivity index (χ0v) is 13.7. The molecule has 24 heavy (non-hydrogen) atoms. The van der Waals surface area contributed by atoms with E-state index in [1.54, 1.807) is 35.4 Å². The normalized spacial score (nSPS) is 15.2. The fourth-order valence-corrected chi connectivity index (χ4v) is 2.90. The van der Waals surface area contributed by atoms with E-state index in [0.717, 1.165) is 6.42 Å². The van der Waals surface area contributed by atoms with E-state index >= 15 is 0 Å². The molecule has 2 aromatic rings. The summed E-state index contributed by atoms with van der Waals surface area (Å²) in [6.45, 7) is 2.32. The molecule has 1 aliphatic heterocycles. The Bertz CT molecular complexity index is 761. The molecular weight excluding hydrogens is 332 g/mol. The number of hydrogen-bond acceptors (Lipinski definition) is 5. The van der Waals surface area contributed by atoms with Crippen molar-refractivity contribution < 1.29 is 14.0 Å². The standard InChI is InChI=1S/C16H17ClN4O3/c17-13-5-4-12(24-13)16(23)21-8-2-7-20(9-10-21)15-11(14(18)22)3-1-6-19-15/h1,3-6H,2,7-10H2,(H2,18,22). The van der Waals surface area contributed by atoms with Crippen LogP contribution in [0.5, 0.6) is 0 Å². The lowest BCUT2D eigenvalue weighted by Crippen LogP contribution is -2.35. The first-order chi connectivity index (χ1) is 11.6. The Morgan fingerprint density at radius 2 is 2.00 bits per heavy atom. The number of nitrogens with zero attached hydrogens (tertiary/aromatic N) is 3. The van der Waals surface area contributed by atoms with Crippen LogP contribution in [0, 0.1) is 0 Å². The second-order valence-electron chi connectivity index (χ2n) is 5.48. The van der Waals surface area contributed by atoms with Crippen LogP contribution >= 0.6 is 11.6 Å². The number of nitrogens with two attached hydrogens (primary N) is 1. The second kappa shape index (κ2) is 6.92. The molecule has 8 heteroatoms. The van der Waals surface area contributed by atoms with Crippen molar-refractivity contribution in [3.05, 3.63) is 47.0 Å². The minimum atomic E-state index is -0.513. The highest BCUT2D eigenvalue weighted by molar-refractivity contribution is 6.29. The van der Waals surface area contributed by atoms with Gasteiger partial charge in [0.25, 0.3) is 11.8 Å². The smallest absolute Gasteiger partial charge is 0.289 e. The topological polar surface area (TPSA) is 92.7 Å². The molecule has 1 aliphatic rings. The summed E-state index contributed by atoms with van der Waals surface area (Å²) >= 11 is 5.73. The first-order valence-electron chi connectivity index (χ1n) is 7.60. The van der Waals surface area contributed by atoms with Crippen LogP contribution in [0.4, 0.5) is 5.82 Å². The number of pyridine rings is 1. The average Bonchev–Trinajstić information content (AvgIpc) is 2.87. The van der Waals surface area contributed by atoms with Gasteiger partial charge in [0.05, 0.1) is 5.56 Å². The van der Waals surface area contributed by atoms with Crippen LogP contribution in [0.3, 0.4) is 0 Å². The predicted octanol–water partition coefficient (Wildman–Crippen LogP) is 1.78. The molecule has 0 aromatic carbocycles. The highest BCUT2D eigenvalue weighted by Gasteiger charge is 2.24. The number of primary amides is 1. The lowest BCUT2D eigenvalue weighted by atomic mass is 10.2. The monoisotopic (exact) mass is 348 g/mol. The zero-order valence-electron chi connectivity index (χ0n) is 12.9. The van der Waals surface area contributed by atoms with E-state index in [1.165, 1.54) is 0 Å². The minimum Gasteiger partial charge on any atom is -0.440 e. The van der Waals surface area contributed by atoms with Crippen molar-refractivity contribution in [2.75, 3.05) is 31.1 Å². The van der Waals surface area contributed by atoms with Gasteiger partial charge < -0.3 is 20.0 Å². The maximum Gasteiger partial charge on any atom is 0.289 e. The summed E-state index contributed by atoms with van der Waals surface area (Å²) < 4.78 is 5.19. The van der Waals surface area contributed by atoms with E-state index in [-0.39, 0.29) is 16.9 Å². The van der Waals surface area contributed by atoms with Gasteiger partial charge in [0, 0.05) is 32.4 Å². The van der Waals surface area contributed by atoms with Gasteiger partial charge in [-0.05, 0) is 42.3 Å².